The number of benzene rings is 1. The van der Waals surface area contributed by atoms with Crippen molar-refractivity contribution in [1.82, 2.24) is 0 Å². The van der Waals surface area contributed by atoms with Gasteiger partial charge >= 0.3 is 0 Å². The zero-order valence-electron chi connectivity index (χ0n) is 8.36. The molecule has 2 N–H and O–H groups in total. The Bertz CT molecular complexity index is 356. The van der Waals surface area contributed by atoms with E-state index < -0.39 is 0 Å². The maximum absolute atomic E-state index is 9.21. The molecule has 1 aromatic rings. The summed E-state index contributed by atoms with van der Waals surface area (Å²) in [6.07, 6.45) is 5.75. The molecule has 0 radical (unpaired) electrons. The second-order valence-electron chi connectivity index (χ2n) is 3.15. The lowest BCUT2D eigenvalue weighted by molar-refractivity contribution is 0.450. The van der Waals surface area contributed by atoms with Gasteiger partial charge in [-0.3, -0.25) is 0 Å². The summed E-state index contributed by atoms with van der Waals surface area (Å²) in [4.78, 5) is 0. The number of allylic oxidation sites excluding steroid dienone is 3. The van der Waals surface area contributed by atoms with Crippen LogP contribution in [0.4, 0.5) is 0 Å². The van der Waals surface area contributed by atoms with Crippen LogP contribution in [0.5, 0.6) is 11.5 Å². The Hall–Kier alpha value is -1.70. The molecular formula is C12H14O2. The van der Waals surface area contributed by atoms with Gasteiger partial charge in [0.1, 0.15) is 11.5 Å². The summed E-state index contributed by atoms with van der Waals surface area (Å²) in [6.45, 7) is 3.94. The summed E-state index contributed by atoms with van der Waals surface area (Å²) in [5.41, 5.74) is 1.91. The number of phenolic OH excluding ortho intramolecular Hbond substituents is 2. The summed E-state index contributed by atoms with van der Waals surface area (Å²) >= 11 is 0. The first-order valence-corrected chi connectivity index (χ1v) is 4.46. The fourth-order valence-electron chi connectivity index (χ4n) is 1.04. The lowest BCUT2D eigenvalue weighted by atomic mass is 10.1. The van der Waals surface area contributed by atoms with Crippen molar-refractivity contribution in [2.45, 2.75) is 13.8 Å². The van der Waals surface area contributed by atoms with Gasteiger partial charge in [0.25, 0.3) is 0 Å². The predicted molar refractivity (Wildman–Crippen MR) is 58.2 cm³/mol. The predicted octanol–water partition coefficient (Wildman–Crippen LogP) is 3.08. The van der Waals surface area contributed by atoms with Crippen LogP contribution in [0.2, 0.25) is 0 Å². The zero-order chi connectivity index (χ0) is 10.6. The van der Waals surface area contributed by atoms with Crippen LogP contribution in [0.25, 0.3) is 6.08 Å². The molecule has 0 aliphatic carbocycles. The van der Waals surface area contributed by atoms with Gasteiger partial charge in [-0.05, 0) is 31.5 Å². The largest absolute Gasteiger partial charge is 0.508 e. The summed E-state index contributed by atoms with van der Waals surface area (Å²) in [5.74, 6) is 0.144. The molecule has 0 spiro atoms. The van der Waals surface area contributed by atoms with E-state index in [2.05, 4.69) is 0 Å². The molecule has 0 saturated heterocycles. The van der Waals surface area contributed by atoms with Crippen LogP contribution < -0.4 is 0 Å². The SMILES string of the molecule is C/C=C(C)/C=C/c1cc(O)cc(O)c1. The summed E-state index contributed by atoms with van der Waals surface area (Å²) in [5, 5.41) is 18.4. The van der Waals surface area contributed by atoms with Gasteiger partial charge in [-0.15, -0.1) is 0 Å². The standard InChI is InChI=1S/C12H14O2/c1-3-9(2)4-5-10-6-11(13)8-12(14)7-10/h3-8,13-14H,1-2H3/b5-4+,9-3+. The van der Waals surface area contributed by atoms with Gasteiger partial charge in [0.05, 0.1) is 0 Å². The van der Waals surface area contributed by atoms with Crippen molar-refractivity contribution in [2.75, 3.05) is 0 Å². The minimum absolute atomic E-state index is 0.0720. The lowest BCUT2D eigenvalue weighted by Crippen LogP contribution is -1.73. The number of hydrogen-bond donors (Lipinski definition) is 2. The first-order valence-electron chi connectivity index (χ1n) is 4.46. The number of phenols is 2. The van der Waals surface area contributed by atoms with E-state index in [1.807, 2.05) is 32.1 Å². The van der Waals surface area contributed by atoms with E-state index in [1.165, 1.54) is 6.07 Å². The smallest absolute Gasteiger partial charge is 0.119 e. The third-order valence-corrected chi connectivity index (χ3v) is 1.92. The third-order valence-electron chi connectivity index (χ3n) is 1.92. The quantitative estimate of drug-likeness (QED) is 0.703. The highest BCUT2D eigenvalue weighted by molar-refractivity contribution is 5.56. The van der Waals surface area contributed by atoms with Crippen LogP contribution in [0.3, 0.4) is 0 Å². The molecule has 1 aromatic carbocycles. The maximum Gasteiger partial charge on any atom is 0.119 e. The molecule has 0 unspecified atom stereocenters. The maximum atomic E-state index is 9.21. The second kappa shape index (κ2) is 4.51. The van der Waals surface area contributed by atoms with E-state index in [-0.39, 0.29) is 11.5 Å². The van der Waals surface area contributed by atoms with Crippen molar-refractivity contribution >= 4 is 6.08 Å². The highest BCUT2D eigenvalue weighted by atomic mass is 16.3. The zero-order valence-corrected chi connectivity index (χ0v) is 8.36. The molecule has 0 atom stereocenters. The second-order valence-corrected chi connectivity index (χ2v) is 3.15. The van der Waals surface area contributed by atoms with Crippen molar-refractivity contribution in [3.05, 3.63) is 41.5 Å². The molecule has 0 amide bonds. The van der Waals surface area contributed by atoms with Crippen molar-refractivity contribution < 1.29 is 10.2 Å². The van der Waals surface area contributed by atoms with Crippen LogP contribution in [0, 0.1) is 0 Å². The van der Waals surface area contributed by atoms with Crippen LogP contribution in [-0.4, -0.2) is 10.2 Å². The van der Waals surface area contributed by atoms with E-state index in [0.29, 0.717) is 0 Å². The Morgan fingerprint density at radius 1 is 1.14 bits per heavy atom. The Balaban J connectivity index is 2.92. The first-order chi connectivity index (χ1) is 6.61. The molecule has 0 saturated carbocycles. The Morgan fingerprint density at radius 3 is 2.21 bits per heavy atom. The van der Waals surface area contributed by atoms with Gasteiger partial charge in [-0.25, -0.2) is 0 Å². The molecule has 0 aliphatic rings. The molecule has 0 heterocycles. The van der Waals surface area contributed by atoms with E-state index in [1.54, 1.807) is 12.1 Å². The fraction of sp³-hybridized carbons (Fsp3) is 0.167. The van der Waals surface area contributed by atoms with Gasteiger partial charge in [-0.2, -0.15) is 0 Å². The van der Waals surface area contributed by atoms with Gasteiger partial charge in [0.15, 0.2) is 0 Å². The molecule has 1 rings (SSSR count). The normalized spacial score (nSPS) is 12.3. The summed E-state index contributed by atoms with van der Waals surface area (Å²) in [7, 11) is 0. The highest BCUT2D eigenvalue weighted by Gasteiger charge is 1.95. The topological polar surface area (TPSA) is 40.5 Å². The van der Waals surface area contributed by atoms with Crippen molar-refractivity contribution in [1.29, 1.82) is 0 Å². The van der Waals surface area contributed by atoms with Crippen molar-refractivity contribution in [3.63, 3.8) is 0 Å². The highest BCUT2D eigenvalue weighted by Crippen LogP contribution is 2.21. The molecule has 0 aromatic heterocycles. The molecule has 0 aliphatic heterocycles. The van der Waals surface area contributed by atoms with Crippen LogP contribution >= 0.6 is 0 Å². The van der Waals surface area contributed by atoms with Gasteiger partial charge in [-0.1, -0.05) is 23.8 Å². The Kier molecular flexibility index (Phi) is 3.35. The molecule has 14 heavy (non-hydrogen) atoms. The molecular weight excluding hydrogens is 176 g/mol. The molecule has 0 bridgehead atoms. The molecule has 0 fully saturated rings. The average Bonchev–Trinajstić information content (AvgIpc) is 2.12. The third kappa shape index (κ3) is 2.98. The lowest BCUT2D eigenvalue weighted by Gasteiger charge is -1.98. The molecule has 74 valence electrons. The molecule has 2 heteroatoms. The number of hydrogen-bond acceptors (Lipinski definition) is 2. The van der Waals surface area contributed by atoms with Gasteiger partial charge < -0.3 is 10.2 Å². The molecule has 2 nitrogen and oxygen atoms in total. The number of aromatic hydroxyl groups is 2. The van der Waals surface area contributed by atoms with Gasteiger partial charge in [0, 0.05) is 6.07 Å². The summed E-state index contributed by atoms with van der Waals surface area (Å²) < 4.78 is 0. The Labute approximate surface area is 83.8 Å². The summed E-state index contributed by atoms with van der Waals surface area (Å²) in [6, 6.07) is 4.50. The minimum Gasteiger partial charge on any atom is -0.508 e. The van der Waals surface area contributed by atoms with E-state index >= 15 is 0 Å². The fourth-order valence-corrected chi connectivity index (χ4v) is 1.04. The first kappa shape index (κ1) is 10.4. The van der Waals surface area contributed by atoms with Crippen molar-refractivity contribution in [2.24, 2.45) is 0 Å². The van der Waals surface area contributed by atoms with Crippen molar-refractivity contribution in [3.8, 4) is 11.5 Å². The van der Waals surface area contributed by atoms with Crippen LogP contribution in [-0.2, 0) is 0 Å². The van der Waals surface area contributed by atoms with E-state index in [4.69, 9.17) is 0 Å². The van der Waals surface area contributed by atoms with Gasteiger partial charge in [0.2, 0.25) is 0 Å². The van der Waals surface area contributed by atoms with Crippen LogP contribution in [0.15, 0.2) is 35.9 Å². The van der Waals surface area contributed by atoms with E-state index in [9.17, 15) is 10.2 Å². The number of rotatable bonds is 2. The van der Waals surface area contributed by atoms with Crippen LogP contribution in [0.1, 0.15) is 19.4 Å². The minimum atomic E-state index is 0.0720. The Morgan fingerprint density at radius 2 is 1.71 bits per heavy atom. The average molecular weight is 190 g/mol. The monoisotopic (exact) mass is 190 g/mol. The van der Waals surface area contributed by atoms with E-state index in [0.717, 1.165) is 11.1 Å².